The summed E-state index contributed by atoms with van der Waals surface area (Å²) >= 11 is 0. The molecule has 0 saturated heterocycles. The van der Waals surface area contributed by atoms with Gasteiger partial charge in [-0.25, -0.2) is 0 Å². The van der Waals surface area contributed by atoms with Crippen LogP contribution in [0.5, 0.6) is 0 Å². The SMILES string of the molecule is c1ccc([C@]23N=N[C@](c4ccccc4)([C@@H]4CC[C@@H]42)[C@H]2C[C@@H]23)cc1. The molecule has 0 radical (unpaired) electrons. The zero-order valence-electron chi connectivity index (χ0n) is 13.1. The number of benzene rings is 2. The molecule has 2 heterocycles. The Balaban J connectivity index is 1.58. The minimum absolute atomic E-state index is 0.00856. The molecule has 0 spiro atoms. The maximum atomic E-state index is 5.08. The van der Waals surface area contributed by atoms with E-state index in [1.807, 2.05) is 0 Å². The number of hydrogen-bond donors (Lipinski definition) is 0. The van der Waals surface area contributed by atoms with Crippen LogP contribution in [0.3, 0.4) is 0 Å². The van der Waals surface area contributed by atoms with Crippen LogP contribution in [0.25, 0.3) is 0 Å². The van der Waals surface area contributed by atoms with Gasteiger partial charge >= 0.3 is 0 Å². The summed E-state index contributed by atoms with van der Waals surface area (Å²) < 4.78 is 0. The monoisotopic (exact) mass is 300 g/mol. The first-order valence-corrected chi connectivity index (χ1v) is 8.92. The molecule has 6 atom stereocenters. The molecule has 5 aliphatic rings. The molecule has 2 aromatic rings. The van der Waals surface area contributed by atoms with E-state index in [-0.39, 0.29) is 11.1 Å². The molecule has 0 N–H and O–H groups in total. The Bertz CT molecular complexity index is 732. The number of nitrogens with zero attached hydrogens (tertiary/aromatic N) is 2. The van der Waals surface area contributed by atoms with Crippen molar-refractivity contribution in [2.75, 3.05) is 0 Å². The molecule has 3 fully saturated rings. The average Bonchev–Trinajstić information content (AvgIpc) is 3.39. The lowest BCUT2D eigenvalue weighted by Gasteiger charge is -2.61. The Hall–Kier alpha value is -1.96. The molecule has 114 valence electrons. The zero-order valence-corrected chi connectivity index (χ0v) is 13.1. The second-order valence-corrected chi connectivity index (χ2v) is 7.82. The van der Waals surface area contributed by atoms with Crippen LogP contribution in [0.2, 0.25) is 0 Å². The van der Waals surface area contributed by atoms with Crippen molar-refractivity contribution >= 4 is 0 Å². The molecule has 23 heavy (non-hydrogen) atoms. The molecule has 2 aromatic carbocycles. The first-order valence-electron chi connectivity index (χ1n) is 8.92. The van der Waals surface area contributed by atoms with Crippen LogP contribution < -0.4 is 0 Å². The van der Waals surface area contributed by atoms with Gasteiger partial charge in [0.25, 0.3) is 0 Å². The molecule has 3 aliphatic carbocycles. The lowest BCUT2D eigenvalue weighted by atomic mass is 9.47. The molecule has 2 bridgehead atoms. The summed E-state index contributed by atoms with van der Waals surface area (Å²) in [5, 5.41) is 10.2. The van der Waals surface area contributed by atoms with E-state index in [4.69, 9.17) is 10.2 Å². The van der Waals surface area contributed by atoms with Crippen molar-refractivity contribution in [2.45, 2.75) is 30.3 Å². The highest BCUT2D eigenvalue weighted by Crippen LogP contribution is 2.78. The Labute approximate surface area is 136 Å². The summed E-state index contributed by atoms with van der Waals surface area (Å²) in [4.78, 5) is 0. The van der Waals surface area contributed by atoms with E-state index < -0.39 is 0 Å². The summed E-state index contributed by atoms with van der Waals surface area (Å²) in [6.45, 7) is 0. The highest BCUT2D eigenvalue weighted by molar-refractivity contribution is 5.43. The quantitative estimate of drug-likeness (QED) is 0.752. The highest BCUT2D eigenvalue weighted by atomic mass is 15.3. The molecule has 0 unspecified atom stereocenters. The highest BCUT2D eigenvalue weighted by Gasteiger charge is 2.78. The van der Waals surface area contributed by atoms with E-state index in [0.717, 1.165) is 0 Å². The smallest absolute Gasteiger partial charge is 0.113 e. The van der Waals surface area contributed by atoms with E-state index in [1.165, 1.54) is 30.4 Å². The van der Waals surface area contributed by atoms with E-state index >= 15 is 0 Å². The predicted molar refractivity (Wildman–Crippen MR) is 88.9 cm³/mol. The first kappa shape index (κ1) is 12.5. The first-order chi connectivity index (χ1) is 11.4. The maximum absolute atomic E-state index is 5.08. The minimum Gasteiger partial charge on any atom is -0.181 e. The molecule has 2 nitrogen and oxygen atoms in total. The Morgan fingerprint density at radius 3 is 1.43 bits per heavy atom. The number of hydrogen-bond acceptors (Lipinski definition) is 2. The van der Waals surface area contributed by atoms with E-state index in [1.54, 1.807) is 0 Å². The largest absolute Gasteiger partial charge is 0.181 e. The van der Waals surface area contributed by atoms with Crippen molar-refractivity contribution < 1.29 is 0 Å². The Morgan fingerprint density at radius 2 is 1.04 bits per heavy atom. The van der Waals surface area contributed by atoms with Gasteiger partial charge in [-0.15, -0.1) is 0 Å². The van der Waals surface area contributed by atoms with Crippen molar-refractivity contribution in [3.05, 3.63) is 71.8 Å². The van der Waals surface area contributed by atoms with Crippen LogP contribution >= 0.6 is 0 Å². The fraction of sp³-hybridized carbons (Fsp3) is 0.429. The van der Waals surface area contributed by atoms with Crippen LogP contribution in [-0.2, 0) is 11.1 Å². The lowest BCUT2D eigenvalue weighted by Crippen LogP contribution is -2.61. The fourth-order valence-corrected chi connectivity index (χ4v) is 6.12. The van der Waals surface area contributed by atoms with Crippen LogP contribution in [0, 0.1) is 23.7 Å². The van der Waals surface area contributed by atoms with Crippen LogP contribution in [0.1, 0.15) is 30.4 Å². The van der Waals surface area contributed by atoms with Crippen molar-refractivity contribution in [3.63, 3.8) is 0 Å². The second-order valence-electron chi connectivity index (χ2n) is 7.82. The van der Waals surface area contributed by atoms with Crippen molar-refractivity contribution in [3.8, 4) is 0 Å². The van der Waals surface area contributed by atoms with Crippen LogP contribution in [0.4, 0.5) is 0 Å². The lowest BCUT2D eigenvalue weighted by molar-refractivity contribution is -0.0811. The van der Waals surface area contributed by atoms with Gasteiger partial charge in [-0.1, -0.05) is 60.7 Å². The Morgan fingerprint density at radius 1 is 0.609 bits per heavy atom. The molecule has 0 aromatic heterocycles. The minimum atomic E-state index is -0.00856. The van der Waals surface area contributed by atoms with Gasteiger partial charge in [-0.05, 0) is 54.1 Å². The van der Waals surface area contributed by atoms with Crippen LogP contribution in [0.15, 0.2) is 70.9 Å². The average molecular weight is 300 g/mol. The van der Waals surface area contributed by atoms with Crippen molar-refractivity contribution in [1.82, 2.24) is 0 Å². The van der Waals surface area contributed by atoms with E-state index in [9.17, 15) is 0 Å². The molecular formula is C21H20N2. The zero-order chi connectivity index (χ0) is 15.1. The maximum Gasteiger partial charge on any atom is 0.113 e. The molecule has 2 aliphatic heterocycles. The third kappa shape index (κ3) is 1.26. The summed E-state index contributed by atoms with van der Waals surface area (Å²) in [7, 11) is 0. The summed E-state index contributed by atoms with van der Waals surface area (Å²) in [6, 6.07) is 22.0. The van der Waals surface area contributed by atoms with Crippen LogP contribution in [-0.4, -0.2) is 0 Å². The van der Waals surface area contributed by atoms with E-state index in [2.05, 4.69) is 60.7 Å². The summed E-state index contributed by atoms with van der Waals surface area (Å²) in [6.07, 6.45) is 3.93. The molecule has 7 rings (SSSR count). The predicted octanol–water partition coefficient (Wildman–Crippen LogP) is 4.92. The molecule has 0 amide bonds. The molecule has 2 heteroatoms. The van der Waals surface area contributed by atoms with Gasteiger partial charge < -0.3 is 0 Å². The van der Waals surface area contributed by atoms with Crippen molar-refractivity contribution in [2.24, 2.45) is 33.9 Å². The molecular weight excluding hydrogens is 280 g/mol. The van der Waals surface area contributed by atoms with Gasteiger partial charge in [-0.3, -0.25) is 0 Å². The normalized spacial score (nSPS) is 45.0. The Kier molecular flexibility index (Phi) is 2.12. The fourth-order valence-electron chi connectivity index (χ4n) is 6.12. The topological polar surface area (TPSA) is 24.7 Å². The van der Waals surface area contributed by atoms with Gasteiger partial charge in [0.2, 0.25) is 0 Å². The van der Waals surface area contributed by atoms with Crippen molar-refractivity contribution in [1.29, 1.82) is 0 Å². The van der Waals surface area contributed by atoms with Gasteiger partial charge in [0.1, 0.15) is 11.1 Å². The standard InChI is InChI=1S/C21H20N2/c1-3-7-14(8-4-1)20-16-11-12-17(16)21(23-22-20,19-13-18(19)20)15-9-5-2-6-10-15/h1-10,16-19H,11-13H2/t16-,17+,18-,19-,20-,21+/m0/s1. The van der Waals surface area contributed by atoms with Gasteiger partial charge in [0.05, 0.1) is 0 Å². The number of azo groups is 1. The number of rotatable bonds is 2. The summed E-state index contributed by atoms with van der Waals surface area (Å²) in [5.41, 5.74) is 2.80. The van der Waals surface area contributed by atoms with Gasteiger partial charge in [0.15, 0.2) is 0 Å². The molecule has 3 saturated carbocycles. The third-order valence-electron chi connectivity index (χ3n) is 7.18. The second kappa shape index (κ2) is 3.92. The summed E-state index contributed by atoms with van der Waals surface area (Å²) in [5.74, 6) is 2.77. The third-order valence-corrected chi connectivity index (χ3v) is 7.18. The van der Waals surface area contributed by atoms with E-state index in [0.29, 0.717) is 23.7 Å². The van der Waals surface area contributed by atoms with Gasteiger partial charge in [0, 0.05) is 0 Å². The van der Waals surface area contributed by atoms with Gasteiger partial charge in [-0.2, -0.15) is 10.2 Å².